The van der Waals surface area contributed by atoms with E-state index in [9.17, 15) is 0 Å². The third kappa shape index (κ3) is 3.33. The second kappa shape index (κ2) is 6.48. The van der Waals surface area contributed by atoms with E-state index in [2.05, 4.69) is 34.3 Å². The molecule has 0 saturated heterocycles. The summed E-state index contributed by atoms with van der Waals surface area (Å²) in [4.78, 5) is 8.82. The molecule has 1 atom stereocenters. The Morgan fingerprint density at radius 2 is 1.85 bits per heavy atom. The van der Waals surface area contributed by atoms with Gasteiger partial charge < -0.3 is 10.1 Å². The number of nitrogens with zero attached hydrogens (tertiary/aromatic N) is 2. The maximum Gasteiger partial charge on any atom is 0.145 e. The summed E-state index contributed by atoms with van der Waals surface area (Å²) in [7, 11) is 3.63. The molecule has 1 aromatic carbocycles. The van der Waals surface area contributed by atoms with Gasteiger partial charge in [0.2, 0.25) is 0 Å². The minimum atomic E-state index is 0.0753. The largest absolute Gasteiger partial charge is 0.496 e. The summed E-state index contributed by atoms with van der Waals surface area (Å²) in [6.07, 6.45) is 4.49. The van der Waals surface area contributed by atoms with Crippen LogP contribution in [0.1, 0.15) is 28.6 Å². The van der Waals surface area contributed by atoms with E-state index < -0.39 is 0 Å². The van der Waals surface area contributed by atoms with Gasteiger partial charge in [-0.2, -0.15) is 0 Å². The first-order chi connectivity index (χ1) is 9.63. The smallest absolute Gasteiger partial charge is 0.145 e. The molecule has 0 amide bonds. The van der Waals surface area contributed by atoms with E-state index in [0.717, 1.165) is 29.1 Å². The van der Waals surface area contributed by atoms with Crippen molar-refractivity contribution in [3.05, 3.63) is 53.1 Å². The van der Waals surface area contributed by atoms with Crippen LogP contribution in [-0.2, 0) is 6.42 Å². The molecule has 106 valence electrons. The summed E-state index contributed by atoms with van der Waals surface area (Å²) >= 11 is 0. The van der Waals surface area contributed by atoms with E-state index in [4.69, 9.17) is 4.74 Å². The predicted molar refractivity (Wildman–Crippen MR) is 80.0 cm³/mol. The molecule has 2 aromatic rings. The van der Waals surface area contributed by atoms with Crippen molar-refractivity contribution in [2.45, 2.75) is 26.3 Å². The van der Waals surface area contributed by atoms with Crippen LogP contribution < -0.4 is 10.1 Å². The van der Waals surface area contributed by atoms with Crippen LogP contribution in [0.3, 0.4) is 0 Å². The Hall–Kier alpha value is -1.94. The van der Waals surface area contributed by atoms with E-state index >= 15 is 0 Å². The summed E-state index contributed by atoms with van der Waals surface area (Å²) in [5.41, 5.74) is 3.45. The molecular weight excluding hydrogens is 250 g/mol. The van der Waals surface area contributed by atoms with Gasteiger partial charge in [-0.3, -0.25) is 0 Å². The van der Waals surface area contributed by atoms with Gasteiger partial charge in [-0.15, -0.1) is 0 Å². The zero-order valence-electron chi connectivity index (χ0n) is 12.5. The molecule has 1 heterocycles. The van der Waals surface area contributed by atoms with Gasteiger partial charge >= 0.3 is 0 Å². The summed E-state index contributed by atoms with van der Waals surface area (Å²) in [6.45, 7) is 4.07. The van der Waals surface area contributed by atoms with Crippen LogP contribution in [0.25, 0.3) is 0 Å². The van der Waals surface area contributed by atoms with Crippen molar-refractivity contribution >= 4 is 0 Å². The summed E-state index contributed by atoms with van der Waals surface area (Å²) in [5, 5.41) is 3.28. The molecule has 20 heavy (non-hydrogen) atoms. The topological polar surface area (TPSA) is 47.0 Å². The first-order valence-corrected chi connectivity index (χ1v) is 6.73. The third-order valence-electron chi connectivity index (χ3n) is 3.32. The Labute approximate surface area is 120 Å². The molecule has 2 rings (SSSR count). The van der Waals surface area contributed by atoms with Crippen LogP contribution in [-0.4, -0.2) is 24.1 Å². The summed E-state index contributed by atoms with van der Waals surface area (Å²) in [6, 6.07) is 6.29. The van der Waals surface area contributed by atoms with Crippen molar-refractivity contribution in [3.63, 3.8) is 0 Å². The molecule has 0 aliphatic carbocycles. The maximum absolute atomic E-state index is 5.43. The van der Waals surface area contributed by atoms with Crippen LogP contribution in [0.4, 0.5) is 0 Å². The zero-order valence-corrected chi connectivity index (χ0v) is 12.5. The van der Waals surface area contributed by atoms with Gasteiger partial charge in [0.1, 0.15) is 11.6 Å². The number of hydrogen-bond acceptors (Lipinski definition) is 4. The highest BCUT2D eigenvalue weighted by atomic mass is 16.5. The van der Waals surface area contributed by atoms with Crippen molar-refractivity contribution in [1.29, 1.82) is 0 Å². The van der Waals surface area contributed by atoms with Crippen molar-refractivity contribution in [1.82, 2.24) is 15.3 Å². The van der Waals surface area contributed by atoms with Crippen molar-refractivity contribution in [2.24, 2.45) is 0 Å². The molecule has 4 heteroatoms. The van der Waals surface area contributed by atoms with Gasteiger partial charge in [0.25, 0.3) is 0 Å². The number of ether oxygens (including phenoxy) is 1. The SMILES string of the molecule is CNC(Cc1cc(C)ccc1OC)c1ncc(C)cn1. The molecule has 0 fully saturated rings. The first-order valence-electron chi connectivity index (χ1n) is 6.73. The molecule has 0 aliphatic heterocycles. The van der Waals surface area contributed by atoms with Crippen LogP contribution >= 0.6 is 0 Å². The fourth-order valence-electron chi connectivity index (χ4n) is 2.19. The van der Waals surface area contributed by atoms with Crippen molar-refractivity contribution in [2.75, 3.05) is 14.2 Å². The number of methoxy groups -OCH3 is 1. The summed E-state index contributed by atoms with van der Waals surface area (Å²) < 4.78 is 5.43. The fourth-order valence-corrected chi connectivity index (χ4v) is 2.19. The number of hydrogen-bond donors (Lipinski definition) is 1. The molecule has 0 radical (unpaired) electrons. The van der Waals surface area contributed by atoms with E-state index in [1.807, 2.05) is 32.4 Å². The third-order valence-corrected chi connectivity index (χ3v) is 3.32. The quantitative estimate of drug-likeness (QED) is 0.908. The van der Waals surface area contributed by atoms with Crippen LogP contribution in [0.5, 0.6) is 5.75 Å². The van der Waals surface area contributed by atoms with Gasteiger partial charge in [-0.1, -0.05) is 17.7 Å². The predicted octanol–water partition coefficient (Wildman–Crippen LogP) is 2.61. The molecule has 0 spiro atoms. The van der Waals surface area contributed by atoms with Gasteiger partial charge in [0, 0.05) is 12.4 Å². The second-order valence-corrected chi connectivity index (χ2v) is 4.98. The molecule has 0 saturated carbocycles. The standard InChI is InChI=1S/C16H21N3O/c1-11-5-6-15(20-4)13(7-11)8-14(17-3)16-18-9-12(2)10-19-16/h5-7,9-10,14,17H,8H2,1-4H3. The molecule has 1 unspecified atom stereocenters. The minimum Gasteiger partial charge on any atom is -0.496 e. The molecular formula is C16H21N3O. The Morgan fingerprint density at radius 3 is 2.45 bits per heavy atom. The lowest BCUT2D eigenvalue weighted by Gasteiger charge is -2.17. The van der Waals surface area contributed by atoms with E-state index in [1.165, 1.54) is 5.56 Å². The van der Waals surface area contributed by atoms with E-state index in [0.29, 0.717) is 0 Å². The number of nitrogens with one attached hydrogen (secondary N) is 1. The number of benzene rings is 1. The van der Waals surface area contributed by atoms with Crippen LogP contribution in [0, 0.1) is 13.8 Å². The number of likely N-dealkylation sites (N-methyl/N-ethyl adjacent to an activating group) is 1. The monoisotopic (exact) mass is 271 g/mol. The second-order valence-electron chi connectivity index (χ2n) is 4.98. The molecule has 0 aliphatic rings. The summed E-state index contributed by atoms with van der Waals surface area (Å²) in [5.74, 6) is 1.71. The Kier molecular flexibility index (Phi) is 4.69. The Balaban J connectivity index is 2.26. The normalized spacial score (nSPS) is 12.2. The number of aromatic nitrogens is 2. The molecule has 0 bridgehead atoms. The van der Waals surface area contributed by atoms with Crippen LogP contribution in [0.2, 0.25) is 0 Å². The van der Waals surface area contributed by atoms with Crippen molar-refractivity contribution in [3.8, 4) is 5.75 Å². The van der Waals surface area contributed by atoms with Crippen molar-refractivity contribution < 1.29 is 4.74 Å². The minimum absolute atomic E-state index is 0.0753. The molecule has 1 N–H and O–H groups in total. The van der Waals surface area contributed by atoms with E-state index in [1.54, 1.807) is 7.11 Å². The lowest BCUT2D eigenvalue weighted by molar-refractivity contribution is 0.405. The van der Waals surface area contributed by atoms with Gasteiger partial charge in [-0.05, 0) is 44.5 Å². The average Bonchev–Trinajstić information content (AvgIpc) is 2.46. The average molecular weight is 271 g/mol. The lowest BCUT2D eigenvalue weighted by atomic mass is 10.0. The van der Waals surface area contributed by atoms with Gasteiger partial charge in [0.15, 0.2) is 0 Å². The van der Waals surface area contributed by atoms with Gasteiger partial charge in [-0.25, -0.2) is 9.97 Å². The van der Waals surface area contributed by atoms with Gasteiger partial charge in [0.05, 0.1) is 13.2 Å². The molecule has 4 nitrogen and oxygen atoms in total. The van der Waals surface area contributed by atoms with E-state index in [-0.39, 0.29) is 6.04 Å². The van der Waals surface area contributed by atoms with Crippen LogP contribution in [0.15, 0.2) is 30.6 Å². The lowest BCUT2D eigenvalue weighted by Crippen LogP contribution is -2.21. The Morgan fingerprint density at radius 1 is 1.15 bits per heavy atom. The first kappa shape index (κ1) is 14.5. The highest BCUT2D eigenvalue weighted by Crippen LogP contribution is 2.24. The maximum atomic E-state index is 5.43. The Bertz CT molecular complexity index is 566. The molecule has 1 aromatic heterocycles. The highest BCUT2D eigenvalue weighted by Gasteiger charge is 2.15. The zero-order chi connectivity index (χ0) is 14.5. The fraction of sp³-hybridized carbons (Fsp3) is 0.375. The highest BCUT2D eigenvalue weighted by molar-refractivity contribution is 5.37. The number of rotatable bonds is 5. The number of aryl methyl sites for hydroxylation is 2.